The van der Waals surface area contributed by atoms with Gasteiger partial charge in [0, 0.05) is 20.0 Å². The fourth-order valence-electron chi connectivity index (χ4n) is 1.78. The molecule has 0 saturated heterocycles. The summed E-state index contributed by atoms with van der Waals surface area (Å²) in [4.78, 5) is 13.0. The average Bonchev–Trinajstić information content (AvgIpc) is 2.16. The first-order valence-electron chi connectivity index (χ1n) is 5.98. The van der Waals surface area contributed by atoms with Gasteiger partial charge in [-0.3, -0.25) is 4.79 Å². The van der Waals surface area contributed by atoms with Crippen molar-refractivity contribution in [2.24, 2.45) is 0 Å². The molecule has 0 spiro atoms. The Balaban J connectivity index is 3.75. The van der Waals surface area contributed by atoms with Gasteiger partial charge in [0.15, 0.2) is 0 Å². The van der Waals surface area contributed by atoms with E-state index in [1.54, 1.807) is 6.92 Å². The van der Waals surface area contributed by atoms with E-state index in [0.29, 0.717) is 11.9 Å². The molecule has 2 unspecified atom stereocenters. The fraction of sp³-hybridized carbons (Fsp3) is 0.917. The number of nitrogens with zero attached hydrogens (tertiary/aromatic N) is 1. The Hall–Kier alpha value is -0.465. The lowest BCUT2D eigenvalue weighted by atomic mass is 9.85. The Labute approximate surface area is 95.8 Å². The van der Waals surface area contributed by atoms with Gasteiger partial charge in [0.2, 0.25) is 5.91 Å². The molecule has 0 saturated carbocycles. The van der Waals surface area contributed by atoms with Gasteiger partial charge in [-0.2, -0.15) is 0 Å². The minimum atomic E-state index is 0.161. The minimum absolute atomic E-state index is 0.161. The molecule has 0 aliphatic heterocycles. The molecule has 2 atom stereocenters. The van der Waals surface area contributed by atoms with E-state index in [4.69, 9.17) is 7.85 Å². The van der Waals surface area contributed by atoms with Gasteiger partial charge in [0.25, 0.3) is 0 Å². The zero-order valence-electron chi connectivity index (χ0n) is 10.6. The van der Waals surface area contributed by atoms with Crippen LogP contribution < -0.4 is 0 Å². The van der Waals surface area contributed by atoms with Gasteiger partial charge < -0.3 is 4.90 Å². The largest absolute Gasteiger partial charge is 0.343 e. The Kier molecular flexibility index (Phi) is 7.54. The number of carbonyl (C=O) groups excluding carboxylic acids is 1. The lowest BCUT2D eigenvalue weighted by Crippen LogP contribution is -2.34. The highest BCUT2D eigenvalue weighted by atomic mass is 16.2. The van der Waals surface area contributed by atoms with Gasteiger partial charge in [-0.05, 0) is 12.8 Å². The number of rotatable bonds is 7. The second-order valence-corrected chi connectivity index (χ2v) is 4.45. The summed E-state index contributed by atoms with van der Waals surface area (Å²) < 4.78 is 0. The van der Waals surface area contributed by atoms with Crippen molar-refractivity contribution >= 4 is 13.8 Å². The third-order valence-corrected chi connectivity index (χ3v) is 2.96. The number of hydrogen-bond acceptors (Lipinski definition) is 1. The highest BCUT2D eigenvalue weighted by molar-refractivity contribution is 6.11. The summed E-state index contributed by atoms with van der Waals surface area (Å²) in [6.07, 6.45) is 5.55. The predicted molar refractivity (Wildman–Crippen MR) is 66.2 cm³/mol. The van der Waals surface area contributed by atoms with Gasteiger partial charge >= 0.3 is 0 Å². The zero-order chi connectivity index (χ0) is 11.8. The summed E-state index contributed by atoms with van der Waals surface area (Å²) in [7, 11) is 7.58. The van der Waals surface area contributed by atoms with Crippen LogP contribution in [0, 0.1) is 0 Å². The van der Waals surface area contributed by atoms with E-state index in [1.165, 1.54) is 6.42 Å². The summed E-state index contributed by atoms with van der Waals surface area (Å²) in [5.41, 5.74) is 0. The molecule has 0 fully saturated rings. The summed E-state index contributed by atoms with van der Waals surface area (Å²) >= 11 is 0. The number of amides is 1. The molecule has 86 valence electrons. The Morgan fingerprint density at radius 1 is 1.33 bits per heavy atom. The highest BCUT2D eigenvalue weighted by Gasteiger charge is 2.14. The molecule has 0 N–H and O–H groups in total. The third kappa shape index (κ3) is 6.59. The topological polar surface area (TPSA) is 20.3 Å². The molecule has 2 radical (unpaired) electrons. The monoisotopic (exact) mass is 209 g/mol. The van der Waals surface area contributed by atoms with Crippen LogP contribution >= 0.6 is 0 Å². The molecule has 0 aromatic rings. The molecule has 0 rings (SSSR count). The van der Waals surface area contributed by atoms with Crippen LogP contribution in [0.5, 0.6) is 0 Å². The lowest BCUT2D eigenvalue weighted by molar-refractivity contribution is -0.129. The second-order valence-electron chi connectivity index (χ2n) is 4.45. The van der Waals surface area contributed by atoms with Gasteiger partial charge in [-0.15, -0.1) is 0 Å². The molecule has 1 amide bonds. The lowest BCUT2D eigenvalue weighted by Gasteiger charge is -2.26. The van der Waals surface area contributed by atoms with E-state index in [9.17, 15) is 4.79 Å². The molecule has 0 aliphatic carbocycles. The van der Waals surface area contributed by atoms with Crippen LogP contribution in [0.2, 0.25) is 5.82 Å². The van der Waals surface area contributed by atoms with Crippen LogP contribution in [-0.2, 0) is 4.79 Å². The quantitative estimate of drug-likeness (QED) is 0.466. The maximum atomic E-state index is 11.2. The Bertz CT molecular complexity index is 182. The molecule has 3 heteroatoms. The van der Waals surface area contributed by atoms with E-state index >= 15 is 0 Å². The SMILES string of the molecule is [B]C(C)CCCCC(CC)N(C)C(C)=O. The first-order chi connectivity index (χ1) is 6.99. The van der Waals surface area contributed by atoms with Crippen molar-refractivity contribution in [3.05, 3.63) is 0 Å². The molecule has 0 aromatic heterocycles. The van der Waals surface area contributed by atoms with Crippen molar-refractivity contribution in [2.45, 2.75) is 64.7 Å². The van der Waals surface area contributed by atoms with Crippen molar-refractivity contribution in [1.29, 1.82) is 0 Å². The van der Waals surface area contributed by atoms with E-state index < -0.39 is 0 Å². The van der Waals surface area contributed by atoms with E-state index in [-0.39, 0.29) is 5.91 Å². The molecule has 0 bridgehead atoms. The minimum Gasteiger partial charge on any atom is -0.343 e. The zero-order valence-corrected chi connectivity index (χ0v) is 10.6. The van der Waals surface area contributed by atoms with Crippen LogP contribution in [0.1, 0.15) is 52.9 Å². The maximum absolute atomic E-state index is 11.2. The van der Waals surface area contributed by atoms with Crippen molar-refractivity contribution < 1.29 is 4.79 Å². The highest BCUT2D eigenvalue weighted by Crippen LogP contribution is 2.15. The summed E-state index contributed by atoms with van der Waals surface area (Å²) in [6, 6.07) is 0.399. The number of unbranched alkanes of at least 4 members (excludes halogenated alkanes) is 1. The summed E-state index contributed by atoms with van der Waals surface area (Å²) in [6.45, 7) is 5.80. The first-order valence-corrected chi connectivity index (χ1v) is 5.98. The summed E-state index contributed by atoms with van der Waals surface area (Å²) in [5, 5.41) is 0. The van der Waals surface area contributed by atoms with Crippen molar-refractivity contribution in [3.8, 4) is 0 Å². The van der Waals surface area contributed by atoms with Gasteiger partial charge in [0.05, 0.1) is 7.85 Å². The van der Waals surface area contributed by atoms with Crippen LogP contribution in [0.3, 0.4) is 0 Å². The molecular weight excluding hydrogens is 185 g/mol. The normalized spacial score (nSPS) is 14.7. The molecule has 0 aromatic carbocycles. The van der Waals surface area contributed by atoms with Crippen LogP contribution in [0.4, 0.5) is 0 Å². The Morgan fingerprint density at radius 3 is 2.27 bits per heavy atom. The maximum Gasteiger partial charge on any atom is 0.219 e. The molecular formula is C12H24BNO. The van der Waals surface area contributed by atoms with Crippen LogP contribution in [-0.4, -0.2) is 31.7 Å². The molecule has 0 aliphatic rings. The van der Waals surface area contributed by atoms with Crippen molar-refractivity contribution in [3.63, 3.8) is 0 Å². The van der Waals surface area contributed by atoms with Crippen molar-refractivity contribution in [2.75, 3.05) is 7.05 Å². The third-order valence-electron chi connectivity index (χ3n) is 2.96. The van der Waals surface area contributed by atoms with Crippen LogP contribution in [0.25, 0.3) is 0 Å². The molecule has 0 heterocycles. The molecule has 15 heavy (non-hydrogen) atoms. The number of carbonyl (C=O) groups is 1. The van der Waals surface area contributed by atoms with E-state index in [1.807, 2.05) is 18.9 Å². The van der Waals surface area contributed by atoms with E-state index in [2.05, 4.69) is 6.92 Å². The summed E-state index contributed by atoms with van der Waals surface area (Å²) in [5.74, 6) is 0.463. The van der Waals surface area contributed by atoms with Gasteiger partial charge in [-0.1, -0.05) is 38.9 Å². The van der Waals surface area contributed by atoms with Gasteiger partial charge in [-0.25, -0.2) is 0 Å². The first kappa shape index (κ1) is 14.5. The Morgan fingerprint density at radius 2 is 1.87 bits per heavy atom. The van der Waals surface area contributed by atoms with Crippen LogP contribution in [0.15, 0.2) is 0 Å². The second kappa shape index (κ2) is 7.78. The van der Waals surface area contributed by atoms with Gasteiger partial charge in [0.1, 0.15) is 0 Å². The average molecular weight is 209 g/mol. The van der Waals surface area contributed by atoms with E-state index in [0.717, 1.165) is 25.7 Å². The number of hydrogen-bond donors (Lipinski definition) is 0. The van der Waals surface area contributed by atoms with Crippen molar-refractivity contribution in [1.82, 2.24) is 4.90 Å². The standard InChI is InChI=1S/C12H24BNO/c1-5-12(14(4)11(3)15)9-7-6-8-10(2)13/h10,12H,5-9H2,1-4H3. The fourth-order valence-corrected chi connectivity index (χ4v) is 1.78. The smallest absolute Gasteiger partial charge is 0.219 e. The molecule has 2 nitrogen and oxygen atoms in total. The predicted octanol–water partition coefficient (Wildman–Crippen LogP) is 2.78.